The van der Waals surface area contributed by atoms with Crippen LogP contribution in [0.2, 0.25) is 0 Å². The molecule has 0 fully saturated rings. The van der Waals surface area contributed by atoms with Gasteiger partial charge >= 0.3 is 35.8 Å². The van der Waals surface area contributed by atoms with Crippen LogP contribution in [-0.2, 0) is 47.7 Å². The van der Waals surface area contributed by atoms with Crippen LogP contribution in [-0.4, -0.2) is 72.2 Å². The molecular formula is C40H38N2O12. The number of rotatable bonds is 18. The minimum absolute atomic E-state index is 0.0435. The summed E-state index contributed by atoms with van der Waals surface area (Å²) in [5.41, 5.74) is 3.33. The maximum absolute atomic E-state index is 13.2. The fourth-order valence-corrected chi connectivity index (χ4v) is 4.89. The van der Waals surface area contributed by atoms with Gasteiger partial charge in [-0.25, -0.2) is 19.6 Å². The average molecular weight is 739 g/mol. The Morgan fingerprint density at radius 2 is 0.852 bits per heavy atom. The number of esters is 6. The van der Waals surface area contributed by atoms with E-state index < -0.39 is 35.8 Å². The first-order valence-electron chi connectivity index (χ1n) is 16.8. The van der Waals surface area contributed by atoms with Gasteiger partial charge in [-0.1, -0.05) is 73.8 Å². The summed E-state index contributed by atoms with van der Waals surface area (Å²) in [4.78, 5) is 83.1. The van der Waals surface area contributed by atoms with Crippen molar-refractivity contribution in [1.29, 1.82) is 0 Å². The number of fused-ring (bicyclic) bond motifs is 1. The monoisotopic (exact) mass is 738 g/mol. The highest BCUT2D eigenvalue weighted by Crippen LogP contribution is 2.42. The van der Waals surface area contributed by atoms with Gasteiger partial charge in [0.25, 0.3) is 0 Å². The Labute approximate surface area is 310 Å². The van der Waals surface area contributed by atoms with E-state index in [0.717, 1.165) is 12.2 Å². The summed E-state index contributed by atoms with van der Waals surface area (Å²) in [6.45, 7) is 9.12. The largest absolute Gasteiger partial charge is 0.462 e. The number of carbonyl (C=O) groups excluding carboxylic acids is 6. The van der Waals surface area contributed by atoms with Crippen LogP contribution < -0.4 is 9.47 Å². The van der Waals surface area contributed by atoms with Gasteiger partial charge in [0.2, 0.25) is 0 Å². The van der Waals surface area contributed by atoms with Gasteiger partial charge in [-0.2, -0.15) is 0 Å². The van der Waals surface area contributed by atoms with E-state index in [9.17, 15) is 28.8 Å². The molecule has 0 amide bonds. The lowest BCUT2D eigenvalue weighted by atomic mass is 10.0. The van der Waals surface area contributed by atoms with Crippen LogP contribution in [0.3, 0.4) is 0 Å². The van der Waals surface area contributed by atoms with E-state index in [-0.39, 0.29) is 74.6 Å². The number of hydrogen-bond donors (Lipinski definition) is 0. The zero-order valence-electron chi connectivity index (χ0n) is 29.8. The third-order valence-corrected chi connectivity index (χ3v) is 7.68. The Morgan fingerprint density at radius 3 is 1.20 bits per heavy atom. The molecule has 0 atom stereocenters. The summed E-state index contributed by atoms with van der Waals surface area (Å²) in [6.07, 6.45) is 0.621. The second kappa shape index (κ2) is 19.8. The van der Waals surface area contributed by atoms with Gasteiger partial charge < -0.3 is 28.4 Å². The average Bonchev–Trinajstić information content (AvgIpc) is 3.19. The third kappa shape index (κ3) is 11.1. The highest BCUT2D eigenvalue weighted by Gasteiger charge is 2.26. The van der Waals surface area contributed by atoms with Gasteiger partial charge in [0.1, 0.15) is 37.5 Å². The summed E-state index contributed by atoms with van der Waals surface area (Å²) in [6, 6.07) is 18.5. The molecule has 3 aromatic carbocycles. The first-order chi connectivity index (χ1) is 26.0. The molecule has 280 valence electrons. The van der Waals surface area contributed by atoms with E-state index in [2.05, 4.69) is 13.2 Å². The molecule has 0 saturated heterocycles. The van der Waals surface area contributed by atoms with E-state index in [1.807, 2.05) is 60.7 Å². The van der Waals surface area contributed by atoms with Gasteiger partial charge in [-0.05, 0) is 13.8 Å². The smallest absolute Gasteiger partial charge is 0.330 e. The summed E-state index contributed by atoms with van der Waals surface area (Å²) >= 11 is 0. The highest BCUT2D eigenvalue weighted by molar-refractivity contribution is 5.97. The molecule has 1 heterocycles. The van der Waals surface area contributed by atoms with Gasteiger partial charge in [0, 0.05) is 34.4 Å². The number of benzene rings is 3. The van der Waals surface area contributed by atoms with Crippen LogP contribution in [0.4, 0.5) is 0 Å². The fraction of sp³-hybridized carbons (Fsp3) is 0.250. The maximum Gasteiger partial charge on any atom is 0.330 e. The molecule has 0 bridgehead atoms. The predicted octanol–water partition coefficient (Wildman–Crippen LogP) is 5.50. The summed E-state index contributed by atoms with van der Waals surface area (Å²) in [5, 5.41) is 0. The molecule has 1 aromatic heterocycles. The lowest BCUT2D eigenvalue weighted by molar-refractivity contribution is -0.151. The van der Waals surface area contributed by atoms with Crippen LogP contribution >= 0.6 is 0 Å². The number of aromatic nitrogens is 2. The van der Waals surface area contributed by atoms with Crippen LogP contribution in [0.5, 0.6) is 11.5 Å². The first kappa shape index (κ1) is 40.1. The van der Waals surface area contributed by atoms with Crippen LogP contribution in [0, 0.1) is 13.8 Å². The Hall–Kier alpha value is -6.70. The molecule has 0 radical (unpaired) electrons. The van der Waals surface area contributed by atoms with Gasteiger partial charge in [-0.3, -0.25) is 19.2 Å². The molecule has 0 saturated carbocycles. The van der Waals surface area contributed by atoms with Gasteiger partial charge in [-0.15, -0.1) is 0 Å². The summed E-state index contributed by atoms with van der Waals surface area (Å²) in [5.74, 6) is -4.20. The first-order valence-corrected chi connectivity index (χ1v) is 16.8. The number of hydrogen-bond acceptors (Lipinski definition) is 14. The van der Waals surface area contributed by atoms with E-state index in [1.165, 1.54) is 0 Å². The number of ether oxygens (including phenoxy) is 6. The highest BCUT2D eigenvalue weighted by atomic mass is 16.6. The van der Waals surface area contributed by atoms with Gasteiger partial charge in [0.05, 0.1) is 37.1 Å². The molecule has 14 nitrogen and oxygen atoms in total. The standard InChI is InChI=1S/C40H38N2O12/c1-5-29(43)49-21-23-51-31(45)17-19-33(47)53-39-25(3)26(4)40(54-34(48)20-18-32(46)52-24-22-50-30(44)6-2)38-37(39)41-35(27-13-9-7-10-14-27)36(42-38)28-15-11-8-12-16-28/h5-16H,1-2,17-24H2,3-4H3. The summed E-state index contributed by atoms with van der Waals surface area (Å²) in [7, 11) is 0. The molecule has 14 heteroatoms. The molecule has 0 N–H and O–H groups in total. The number of nitrogens with zero attached hydrogens (tertiary/aromatic N) is 2. The van der Waals surface area contributed by atoms with E-state index in [1.54, 1.807) is 13.8 Å². The zero-order valence-corrected chi connectivity index (χ0v) is 29.8. The van der Waals surface area contributed by atoms with Crippen LogP contribution in [0.25, 0.3) is 33.5 Å². The van der Waals surface area contributed by atoms with Crippen molar-refractivity contribution in [2.75, 3.05) is 26.4 Å². The van der Waals surface area contributed by atoms with E-state index >= 15 is 0 Å². The van der Waals surface area contributed by atoms with E-state index in [4.69, 9.17) is 38.4 Å². The van der Waals surface area contributed by atoms with Crippen molar-refractivity contribution in [1.82, 2.24) is 9.97 Å². The second-order valence-corrected chi connectivity index (χ2v) is 11.4. The van der Waals surface area contributed by atoms with Crippen molar-refractivity contribution in [3.05, 3.63) is 97.1 Å². The Balaban J connectivity index is 1.65. The lowest BCUT2D eigenvalue weighted by Crippen LogP contribution is -2.17. The number of carbonyl (C=O) groups is 6. The topological polar surface area (TPSA) is 184 Å². The van der Waals surface area contributed by atoms with Gasteiger partial charge in [0.15, 0.2) is 11.5 Å². The molecule has 54 heavy (non-hydrogen) atoms. The van der Waals surface area contributed by atoms with Crippen LogP contribution in [0.1, 0.15) is 36.8 Å². The minimum Gasteiger partial charge on any atom is -0.462 e. The maximum atomic E-state index is 13.2. The van der Waals surface area contributed by atoms with Crippen molar-refractivity contribution < 1.29 is 57.2 Å². The van der Waals surface area contributed by atoms with E-state index in [0.29, 0.717) is 33.6 Å². The Morgan fingerprint density at radius 1 is 0.519 bits per heavy atom. The molecule has 0 aliphatic rings. The predicted molar refractivity (Wildman–Crippen MR) is 194 cm³/mol. The quantitative estimate of drug-likeness (QED) is 0.0410. The fourth-order valence-electron chi connectivity index (χ4n) is 4.89. The molecule has 4 rings (SSSR count). The molecule has 0 unspecified atom stereocenters. The van der Waals surface area contributed by atoms with Crippen molar-refractivity contribution in [3.8, 4) is 34.0 Å². The van der Waals surface area contributed by atoms with Crippen molar-refractivity contribution in [2.45, 2.75) is 39.5 Å². The second-order valence-electron chi connectivity index (χ2n) is 11.4. The molecule has 0 spiro atoms. The minimum atomic E-state index is -0.772. The molecule has 0 aliphatic carbocycles. The SMILES string of the molecule is C=CC(=O)OCCOC(=O)CCC(=O)Oc1c(C)c(C)c(OC(=O)CCC(=O)OCCOC(=O)C=C)c2nc(-c3ccccc3)c(-c3ccccc3)nc12. The Kier molecular flexibility index (Phi) is 14.7. The molecular weight excluding hydrogens is 700 g/mol. The normalized spacial score (nSPS) is 10.5. The lowest BCUT2D eigenvalue weighted by Gasteiger charge is -2.19. The molecule has 4 aromatic rings. The molecule has 0 aliphatic heterocycles. The summed E-state index contributed by atoms with van der Waals surface area (Å²) < 4.78 is 31.2. The zero-order chi connectivity index (χ0) is 39.0. The van der Waals surface area contributed by atoms with Crippen molar-refractivity contribution >= 4 is 46.8 Å². The Bertz CT molecular complexity index is 1900. The van der Waals surface area contributed by atoms with Crippen LogP contribution in [0.15, 0.2) is 86.0 Å². The van der Waals surface area contributed by atoms with Crippen molar-refractivity contribution in [2.24, 2.45) is 0 Å². The third-order valence-electron chi connectivity index (χ3n) is 7.68. The van der Waals surface area contributed by atoms with Crippen molar-refractivity contribution in [3.63, 3.8) is 0 Å².